The molecule has 0 N–H and O–H groups in total. The number of ether oxygens (including phenoxy) is 1. The zero-order valence-electron chi connectivity index (χ0n) is 9.93. The van der Waals surface area contributed by atoms with Gasteiger partial charge in [0.1, 0.15) is 0 Å². The molecule has 98 valence electrons. The molecule has 0 saturated carbocycles. The first-order chi connectivity index (χ1) is 8.66. The smallest absolute Gasteiger partial charge is 0.175 e. The Hall–Kier alpha value is -0.710. The van der Waals surface area contributed by atoms with Gasteiger partial charge in [0, 0.05) is 39.8 Å². The van der Waals surface area contributed by atoms with E-state index in [4.69, 9.17) is 16.3 Å². The molecule has 0 bridgehead atoms. The molecular weight excluding hydrogens is 272 g/mol. The van der Waals surface area contributed by atoms with Gasteiger partial charge in [-0.3, -0.25) is 9.00 Å². The molecular formula is C13H15ClO3S. The Morgan fingerprint density at radius 2 is 2.11 bits per heavy atom. The molecule has 1 aromatic carbocycles. The predicted molar refractivity (Wildman–Crippen MR) is 72.6 cm³/mol. The average Bonchev–Trinajstić information content (AvgIpc) is 2.39. The van der Waals surface area contributed by atoms with Crippen LogP contribution < -0.4 is 0 Å². The van der Waals surface area contributed by atoms with Crippen LogP contribution in [0.1, 0.15) is 23.2 Å². The lowest BCUT2D eigenvalue weighted by Gasteiger charge is -2.21. The second kappa shape index (κ2) is 6.45. The third-order valence-electron chi connectivity index (χ3n) is 2.96. The molecule has 1 aromatic rings. The van der Waals surface area contributed by atoms with Crippen LogP contribution in [0.25, 0.3) is 0 Å². The summed E-state index contributed by atoms with van der Waals surface area (Å²) in [6.45, 7) is 1.28. The predicted octanol–water partition coefficient (Wildman–Crippen LogP) is 2.45. The summed E-state index contributed by atoms with van der Waals surface area (Å²) in [7, 11) is -1.12. The van der Waals surface area contributed by atoms with E-state index in [0.29, 0.717) is 23.8 Å². The van der Waals surface area contributed by atoms with E-state index in [1.165, 1.54) is 0 Å². The number of rotatable bonds is 4. The number of ketones is 1. The van der Waals surface area contributed by atoms with Gasteiger partial charge in [0.15, 0.2) is 5.78 Å². The Morgan fingerprint density at radius 1 is 1.39 bits per heavy atom. The SMILES string of the molecule is O=C(CS(=O)C1CCOCC1)c1cccc(Cl)c1. The average molecular weight is 287 g/mol. The van der Waals surface area contributed by atoms with Crippen LogP contribution in [0, 0.1) is 0 Å². The molecule has 1 unspecified atom stereocenters. The second-order valence-corrected chi connectivity index (χ2v) is 6.42. The molecule has 2 rings (SSSR count). The Kier molecular flexibility index (Phi) is 4.92. The van der Waals surface area contributed by atoms with Gasteiger partial charge in [0.05, 0.1) is 5.75 Å². The van der Waals surface area contributed by atoms with Crippen LogP contribution in [-0.4, -0.2) is 34.2 Å². The zero-order chi connectivity index (χ0) is 13.0. The second-order valence-electron chi connectivity index (χ2n) is 4.27. The Bertz CT molecular complexity index is 455. The number of Topliss-reactive ketones (excluding diaryl/α,β-unsaturated/α-hetero) is 1. The maximum absolute atomic E-state index is 12.1. The molecule has 1 aliphatic heterocycles. The normalized spacial score (nSPS) is 18.5. The van der Waals surface area contributed by atoms with Crippen LogP contribution in [0.4, 0.5) is 0 Å². The van der Waals surface area contributed by atoms with Crippen molar-refractivity contribution in [2.45, 2.75) is 18.1 Å². The number of carbonyl (C=O) groups is 1. The summed E-state index contributed by atoms with van der Waals surface area (Å²) in [4.78, 5) is 12.0. The summed E-state index contributed by atoms with van der Waals surface area (Å²) in [5.74, 6) is -0.0345. The van der Waals surface area contributed by atoms with Crippen LogP contribution in [0.3, 0.4) is 0 Å². The van der Waals surface area contributed by atoms with Gasteiger partial charge in [-0.15, -0.1) is 0 Å². The first-order valence-electron chi connectivity index (χ1n) is 5.90. The van der Waals surface area contributed by atoms with Crippen molar-refractivity contribution < 1.29 is 13.7 Å². The van der Waals surface area contributed by atoms with E-state index < -0.39 is 10.8 Å². The van der Waals surface area contributed by atoms with Crippen molar-refractivity contribution in [3.05, 3.63) is 34.9 Å². The molecule has 5 heteroatoms. The third-order valence-corrected chi connectivity index (χ3v) is 4.96. The Labute approximate surface area is 114 Å². The molecule has 18 heavy (non-hydrogen) atoms. The lowest BCUT2D eigenvalue weighted by atomic mass is 10.1. The summed E-state index contributed by atoms with van der Waals surface area (Å²) in [6, 6.07) is 6.77. The van der Waals surface area contributed by atoms with Crippen molar-refractivity contribution in [3.63, 3.8) is 0 Å². The number of halogens is 1. The number of hydrogen-bond acceptors (Lipinski definition) is 3. The summed E-state index contributed by atoms with van der Waals surface area (Å²) >= 11 is 5.83. The first-order valence-corrected chi connectivity index (χ1v) is 7.66. The van der Waals surface area contributed by atoms with Crippen molar-refractivity contribution in [2.75, 3.05) is 19.0 Å². The highest BCUT2D eigenvalue weighted by Crippen LogP contribution is 2.16. The van der Waals surface area contributed by atoms with Gasteiger partial charge in [-0.1, -0.05) is 23.7 Å². The summed E-state index contributed by atoms with van der Waals surface area (Å²) in [6.07, 6.45) is 1.55. The monoisotopic (exact) mass is 286 g/mol. The maximum Gasteiger partial charge on any atom is 0.175 e. The van der Waals surface area contributed by atoms with E-state index in [-0.39, 0.29) is 16.8 Å². The Balaban J connectivity index is 1.96. The van der Waals surface area contributed by atoms with Crippen molar-refractivity contribution in [1.29, 1.82) is 0 Å². The molecule has 0 amide bonds. The van der Waals surface area contributed by atoms with Gasteiger partial charge in [-0.2, -0.15) is 0 Å². The molecule has 1 fully saturated rings. The van der Waals surface area contributed by atoms with Gasteiger partial charge in [0.25, 0.3) is 0 Å². The van der Waals surface area contributed by atoms with E-state index in [0.717, 1.165) is 12.8 Å². The molecule has 1 atom stereocenters. The fourth-order valence-electron chi connectivity index (χ4n) is 1.93. The van der Waals surface area contributed by atoms with Crippen molar-refractivity contribution in [1.82, 2.24) is 0 Å². The molecule has 3 nitrogen and oxygen atoms in total. The maximum atomic E-state index is 12.1. The fourth-order valence-corrected chi connectivity index (χ4v) is 3.50. The third kappa shape index (κ3) is 3.64. The van der Waals surface area contributed by atoms with Gasteiger partial charge < -0.3 is 4.74 Å². The highest BCUT2D eigenvalue weighted by atomic mass is 35.5. The molecule has 0 aromatic heterocycles. The minimum atomic E-state index is -1.12. The standard InChI is InChI=1S/C13H15ClO3S/c14-11-3-1-2-10(8-11)13(15)9-18(16)12-4-6-17-7-5-12/h1-3,8,12H,4-7,9H2. The van der Waals surface area contributed by atoms with E-state index in [1.54, 1.807) is 24.3 Å². The van der Waals surface area contributed by atoms with Crippen LogP contribution in [0.5, 0.6) is 0 Å². The van der Waals surface area contributed by atoms with E-state index in [2.05, 4.69) is 0 Å². The van der Waals surface area contributed by atoms with E-state index in [1.807, 2.05) is 0 Å². The van der Waals surface area contributed by atoms with E-state index >= 15 is 0 Å². The van der Waals surface area contributed by atoms with Gasteiger partial charge in [-0.05, 0) is 25.0 Å². The van der Waals surface area contributed by atoms with Crippen LogP contribution in [-0.2, 0) is 15.5 Å². The van der Waals surface area contributed by atoms with Gasteiger partial charge >= 0.3 is 0 Å². The number of hydrogen-bond donors (Lipinski definition) is 0. The van der Waals surface area contributed by atoms with Gasteiger partial charge in [0.2, 0.25) is 0 Å². The van der Waals surface area contributed by atoms with Crippen molar-refractivity contribution in [3.8, 4) is 0 Å². The van der Waals surface area contributed by atoms with Crippen LogP contribution >= 0.6 is 11.6 Å². The minimum Gasteiger partial charge on any atom is -0.381 e. The molecule has 1 heterocycles. The highest BCUT2D eigenvalue weighted by Gasteiger charge is 2.22. The zero-order valence-corrected chi connectivity index (χ0v) is 11.5. The number of carbonyl (C=O) groups excluding carboxylic acids is 1. The first kappa shape index (κ1) is 13.7. The molecule has 0 radical (unpaired) electrons. The molecule has 1 saturated heterocycles. The largest absolute Gasteiger partial charge is 0.381 e. The Morgan fingerprint density at radius 3 is 2.78 bits per heavy atom. The summed E-state index contributed by atoms with van der Waals surface area (Å²) < 4.78 is 17.3. The number of benzene rings is 1. The van der Waals surface area contributed by atoms with Crippen LogP contribution in [0.2, 0.25) is 5.02 Å². The van der Waals surface area contributed by atoms with Crippen LogP contribution in [0.15, 0.2) is 24.3 Å². The van der Waals surface area contributed by atoms with E-state index in [9.17, 15) is 9.00 Å². The molecule has 0 aliphatic carbocycles. The van der Waals surface area contributed by atoms with Crippen molar-refractivity contribution in [2.24, 2.45) is 0 Å². The quantitative estimate of drug-likeness (QED) is 0.799. The summed E-state index contributed by atoms with van der Waals surface area (Å²) in [5, 5.41) is 0.611. The van der Waals surface area contributed by atoms with Gasteiger partial charge in [-0.25, -0.2) is 0 Å². The fraction of sp³-hybridized carbons (Fsp3) is 0.462. The summed E-state index contributed by atoms with van der Waals surface area (Å²) in [5.41, 5.74) is 0.530. The lowest BCUT2D eigenvalue weighted by Crippen LogP contribution is -2.28. The minimum absolute atomic E-state index is 0.0744. The van der Waals surface area contributed by atoms with Crippen molar-refractivity contribution >= 4 is 28.2 Å². The molecule has 0 spiro atoms. The topological polar surface area (TPSA) is 43.4 Å². The lowest BCUT2D eigenvalue weighted by molar-refractivity contribution is 0.0980. The molecule has 1 aliphatic rings. The highest BCUT2D eigenvalue weighted by molar-refractivity contribution is 7.86.